The van der Waals surface area contributed by atoms with Gasteiger partial charge in [-0.05, 0) is 38.2 Å². The van der Waals surface area contributed by atoms with E-state index in [2.05, 4.69) is 21.0 Å². The number of urea groups is 1. The van der Waals surface area contributed by atoms with Gasteiger partial charge in [0.05, 0.1) is 34.7 Å². The molecule has 4 aliphatic rings. The van der Waals surface area contributed by atoms with Crippen LogP contribution in [0.5, 0.6) is 0 Å². The number of ether oxygens (including phenoxy) is 1. The summed E-state index contributed by atoms with van der Waals surface area (Å²) in [6.45, 7) is 1.31. The lowest BCUT2D eigenvalue weighted by Gasteiger charge is -2.24. The highest BCUT2D eigenvalue weighted by molar-refractivity contribution is 8.04. The summed E-state index contributed by atoms with van der Waals surface area (Å²) in [5.74, 6) is 0.401. The predicted molar refractivity (Wildman–Crippen MR) is 134 cm³/mol. The Hall–Kier alpha value is -3.38. The van der Waals surface area contributed by atoms with Gasteiger partial charge in [0.2, 0.25) is 0 Å². The molecule has 2 aromatic rings. The summed E-state index contributed by atoms with van der Waals surface area (Å²) in [5, 5.41) is 12.7. The molecule has 1 aliphatic carbocycles. The first-order valence-corrected chi connectivity index (χ1v) is 13.0. The molecular weight excluding hydrogens is 482 g/mol. The Bertz CT molecular complexity index is 1320. The van der Waals surface area contributed by atoms with Crippen molar-refractivity contribution in [1.82, 2.24) is 30.1 Å². The maximum atomic E-state index is 13.3. The normalized spacial score (nSPS) is 25.0. The zero-order valence-electron chi connectivity index (χ0n) is 19.8. The van der Waals surface area contributed by atoms with Crippen LogP contribution < -0.4 is 16.0 Å². The van der Waals surface area contributed by atoms with Crippen molar-refractivity contribution < 1.29 is 19.1 Å². The van der Waals surface area contributed by atoms with Gasteiger partial charge < -0.3 is 20.3 Å². The van der Waals surface area contributed by atoms with Crippen LogP contribution in [-0.2, 0) is 14.3 Å². The maximum absolute atomic E-state index is 13.3. The van der Waals surface area contributed by atoms with Crippen molar-refractivity contribution in [3.63, 3.8) is 0 Å². The average molecular weight is 510 g/mol. The van der Waals surface area contributed by atoms with Gasteiger partial charge in [-0.15, -0.1) is 11.8 Å². The summed E-state index contributed by atoms with van der Waals surface area (Å²) >= 11 is 1.55. The molecule has 2 saturated heterocycles. The van der Waals surface area contributed by atoms with E-state index >= 15 is 0 Å². The first kappa shape index (κ1) is 23.0. The van der Waals surface area contributed by atoms with Crippen LogP contribution in [0.15, 0.2) is 28.9 Å². The SMILES string of the molecule is COC[C@@H]1CCCN1C(=O)C1=CCC(c2cc(NC3CC3)n3ncc(/C=C4\NC(=O)NC4=O)c3n2)S1. The van der Waals surface area contributed by atoms with Crippen LogP contribution in [0.1, 0.15) is 48.6 Å². The van der Waals surface area contributed by atoms with E-state index in [1.165, 1.54) is 0 Å². The van der Waals surface area contributed by atoms with Gasteiger partial charge in [0.25, 0.3) is 11.8 Å². The first-order valence-electron chi connectivity index (χ1n) is 12.2. The van der Waals surface area contributed by atoms with Gasteiger partial charge in [0, 0.05) is 31.3 Å². The minimum absolute atomic E-state index is 0.0120. The second kappa shape index (κ2) is 9.25. The van der Waals surface area contributed by atoms with Crippen molar-refractivity contribution in [2.24, 2.45) is 0 Å². The average Bonchev–Trinajstić information content (AvgIpc) is 3.24. The fourth-order valence-corrected chi connectivity index (χ4v) is 5.99. The minimum atomic E-state index is -0.552. The van der Waals surface area contributed by atoms with Crippen LogP contribution in [-0.4, -0.2) is 69.7 Å². The lowest BCUT2D eigenvalue weighted by atomic mass is 10.2. The molecule has 0 spiro atoms. The monoisotopic (exact) mass is 509 g/mol. The minimum Gasteiger partial charge on any atom is -0.383 e. The second-order valence-corrected chi connectivity index (χ2v) is 10.7. The molecule has 3 aliphatic heterocycles. The summed E-state index contributed by atoms with van der Waals surface area (Å²) in [4.78, 5) is 44.4. The molecule has 0 bridgehead atoms. The molecule has 5 heterocycles. The number of nitrogens with zero attached hydrogens (tertiary/aromatic N) is 4. The lowest BCUT2D eigenvalue weighted by molar-refractivity contribution is -0.128. The molecule has 6 rings (SSSR count). The van der Waals surface area contributed by atoms with Gasteiger partial charge in [0.15, 0.2) is 5.65 Å². The smallest absolute Gasteiger partial charge is 0.326 e. The number of aromatic nitrogens is 3. The number of amides is 4. The van der Waals surface area contributed by atoms with E-state index < -0.39 is 11.9 Å². The molecule has 2 atom stereocenters. The standard InChI is InChI=1S/C24H27N7O4S/c1-35-12-15-3-2-8-30(15)23(33)19-7-6-18(36-19)16-10-20(26-14-4-5-14)31-21(27-16)13(11-25-31)9-17-22(32)29-24(34)28-17/h7,9-11,14-15,18,26H,2-6,8,12H2,1H3,(H2,28,29,32,34)/b17-9-/t15-,18?/m0/s1. The number of allylic oxidation sites excluding steroid dienone is 1. The van der Waals surface area contributed by atoms with Crippen LogP contribution in [0.3, 0.4) is 0 Å². The number of imide groups is 1. The highest BCUT2D eigenvalue weighted by atomic mass is 32.2. The molecule has 3 N–H and O–H groups in total. The zero-order chi connectivity index (χ0) is 24.8. The molecular formula is C24H27N7O4S. The number of fused-ring (bicyclic) bond motifs is 1. The van der Waals surface area contributed by atoms with Gasteiger partial charge in [-0.3, -0.25) is 14.9 Å². The fraction of sp³-hybridized carbons (Fsp3) is 0.458. The molecule has 188 valence electrons. The number of rotatable bonds is 7. The van der Waals surface area contributed by atoms with Crippen molar-refractivity contribution in [3.05, 3.63) is 40.2 Å². The van der Waals surface area contributed by atoms with E-state index in [0.717, 1.165) is 48.6 Å². The van der Waals surface area contributed by atoms with Crippen molar-refractivity contribution in [3.8, 4) is 0 Å². The van der Waals surface area contributed by atoms with E-state index in [9.17, 15) is 14.4 Å². The number of carbonyl (C=O) groups is 3. The number of nitrogens with one attached hydrogen (secondary N) is 3. The third-order valence-electron chi connectivity index (χ3n) is 6.79. The van der Waals surface area contributed by atoms with Crippen molar-refractivity contribution in [2.75, 3.05) is 25.6 Å². The van der Waals surface area contributed by atoms with E-state index in [1.54, 1.807) is 35.7 Å². The molecule has 1 saturated carbocycles. The maximum Gasteiger partial charge on any atom is 0.326 e. The van der Waals surface area contributed by atoms with Gasteiger partial charge in [-0.2, -0.15) is 9.61 Å². The Kier molecular flexibility index (Phi) is 5.92. The van der Waals surface area contributed by atoms with Gasteiger partial charge in [0.1, 0.15) is 11.5 Å². The van der Waals surface area contributed by atoms with Crippen LogP contribution >= 0.6 is 11.8 Å². The molecule has 1 unspecified atom stereocenters. The molecule has 36 heavy (non-hydrogen) atoms. The topological polar surface area (TPSA) is 130 Å². The molecule has 4 amide bonds. The van der Waals surface area contributed by atoms with Gasteiger partial charge in [-0.1, -0.05) is 6.08 Å². The number of anilines is 1. The number of hydrogen-bond acceptors (Lipinski definition) is 8. The van der Waals surface area contributed by atoms with Crippen LogP contribution in [0, 0.1) is 0 Å². The molecule has 12 heteroatoms. The van der Waals surface area contributed by atoms with E-state index in [-0.39, 0.29) is 22.9 Å². The molecule has 2 aromatic heterocycles. The number of carbonyl (C=O) groups excluding carboxylic acids is 3. The second-order valence-electron chi connectivity index (χ2n) is 9.45. The quantitative estimate of drug-likeness (QED) is 0.383. The zero-order valence-corrected chi connectivity index (χ0v) is 20.6. The number of hydrogen-bond donors (Lipinski definition) is 3. The summed E-state index contributed by atoms with van der Waals surface area (Å²) in [5.41, 5.74) is 2.19. The number of methoxy groups -OCH3 is 1. The Balaban J connectivity index is 1.28. The first-order chi connectivity index (χ1) is 17.5. The largest absolute Gasteiger partial charge is 0.383 e. The van der Waals surface area contributed by atoms with Crippen LogP contribution in [0.4, 0.5) is 10.6 Å². The third-order valence-corrected chi connectivity index (χ3v) is 8.11. The fourth-order valence-electron chi connectivity index (χ4n) is 4.84. The summed E-state index contributed by atoms with van der Waals surface area (Å²) in [6, 6.07) is 1.97. The van der Waals surface area contributed by atoms with E-state index in [1.807, 2.05) is 17.0 Å². The Morgan fingerprint density at radius 1 is 1.31 bits per heavy atom. The highest BCUT2D eigenvalue weighted by Gasteiger charge is 2.34. The lowest BCUT2D eigenvalue weighted by Crippen LogP contribution is -2.38. The number of thioether (sulfide) groups is 1. The van der Waals surface area contributed by atoms with Gasteiger partial charge in [-0.25, -0.2) is 9.78 Å². The van der Waals surface area contributed by atoms with Crippen molar-refractivity contribution in [2.45, 2.75) is 49.4 Å². The number of likely N-dealkylation sites (tertiary alicyclic amines) is 1. The summed E-state index contributed by atoms with van der Waals surface area (Å²) in [6.07, 6.45) is 10.1. The van der Waals surface area contributed by atoms with Crippen molar-refractivity contribution in [1.29, 1.82) is 0 Å². The molecule has 11 nitrogen and oxygen atoms in total. The Labute approximate surface area is 211 Å². The third kappa shape index (κ3) is 4.35. The van der Waals surface area contributed by atoms with E-state index in [4.69, 9.17) is 9.72 Å². The van der Waals surface area contributed by atoms with Gasteiger partial charge >= 0.3 is 6.03 Å². The van der Waals surface area contributed by atoms with Crippen molar-refractivity contribution >= 4 is 47.1 Å². The van der Waals surface area contributed by atoms with Crippen LogP contribution in [0.2, 0.25) is 0 Å². The Morgan fingerprint density at radius 2 is 2.17 bits per heavy atom. The molecule has 0 aromatic carbocycles. The summed E-state index contributed by atoms with van der Waals surface area (Å²) < 4.78 is 7.04. The molecule has 0 radical (unpaired) electrons. The van der Waals surface area contributed by atoms with E-state index in [0.29, 0.717) is 30.3 Å². The summed E-state index contributed by atoms with van der Waals surface area (Å²) in [7, 11) is 1.67. The highest BCUT2D eigenvalue weighted by Crippen LogP contribution is 2.45. The Morgan fingerprint density at radius 3 is 2.92 bits per heavy atom. The predicted octanol–water partition coefficient (Wildman–Crippen LogP) is 2.18. The van der Waals surface area contributed by atoms with Crippen LogP contribution in [0.25, 0.3) is 11.7 Å². The molecule has 3 fully saturated rings.